The highest BCUT2D eigenvalue weighted by Gasteiger charge is 2.44. The van der Waals surface area contributed by atoms with E-state index >= 15 is 0 Å². The number of pyridine rings is 1. The van der Waals surface area contributed by atoms with Crippen LogP contribution in [0.15, 0.2) is 89.8 Å². The third kappa shape index (κ3) is 8.70. The average molecular weight is 703 g/mol. The quantitative estimate of drug-likeness (QED) is 0.208. The number of sulfonamides is 1. The van der Waals surface area contributed by atoms with Crippen LogP contribution in [0.2, 0.25) is 0 Å². The molecular weight excluding hydrogens is 660 g/mol. The molecule has 5 rings (SSSR count). The highest BCUT2D eigenvalue weighted by molar-refractivity contribution is 7.90. The van der Waals surface area contributed by atoms with Gasteiger partial charge in [0.05, 0.1) is 29.8 Å². The van der Waals surface area contributed by atoms with Crippen molar-refractivity contribution in [2.45, 2.75) is 75.6 Å². The number of aromatic nitrogens is 1. The number of carbonyl (C=O) groups is 3. The van der Waals surface area contributed by atoms with Crippen molar-refractivity contribution < 1.29 is 37.0 Å². The molecule has 13 heteroatoms. The first-order valence-electron chi connectivity index (χ1n) is 16.4. The van der Waals surface area contributed by atoms with Crippen LogP contribution in [0.4, 0.5) is 4.79 Å². The van der Waals surface area contributed by atoms with Crippen LogP contribution in [0.3, 0.4) is 0 Å². The van der Waals surface area contributed by atoms with Gasteiger partial charge in [-0.15, -0.1) is 0 Å². The molecule has 1 saturated heterocycles. The molecule has 0 bridgehead atoms. The number of fused-ring (bicyclic) bond motifs is 1. The molecule has 2 heterocycles. The summed E-state index contributed by atoms with van der Waals surface area (Å²) in [5.74, 6) is -0.397. The first kappa shape index (κ1) is 36.1. The molecule has 0 spiro atoms. The Morgan fingerprint density at radius 3 is 2.30 bits per heavy atom. The summed E-state index contributed by atoms with van der Waals surface area (Å²) in [5, 5.41) is 3.40. The van der Waals surface area contributed by atoms with Gasteiger partial charge in [-0.1, -0.05) is 61.9 Å². The van der Waals surface area contributed by atoms with Gasteiger partial charge in [0, 0.05) is 29.5 Å². The van der Waals surface area contributed by atoms with E-state index in [1.807, 2.05) is 55.5 Å². The fourth-order valence-corrected chi connectivity index (χ4v) is 6.72. The summed E-state index contributed by atoms with van der Waals surface area (Å²) in [5.41, 5.74) is 1.32. The Morgan fingerprint density at radius 2 is 1.66 bits per heavy atom. The van der Waals surface area contributed by atoms with Gasteiger partial charge in [0.2, 0.25) is 5.91 Å². The van der Waals surface area contributed by atoms with Crippen LogP contribution in [0.25, 0.3) is 22.2 Å². The van der Waals surface area contributed by atoms with Crippen molar-refractivity contribution >= 4 is 38.8 Å². The zero-order valence-corrected chi connectivity index (χ0v) is 29.5. The molecule has 264 valence electrons. The van der Waals surface area contributed by atoms with E-state index in [9.17, 15) is 22.8 Å². The minimum atomic E-state index is -4.18. The number of hydrogen-bond donors (Lipinski definition) is 2. The van der Waals surface area contributed by atoms with Crippen LogP contribution in [0, 0.1) is 0 Å². The number of methoxy groups -OCH3 is 1. The second kappa shape index (κ2) is 15.2. The van der Waals surface area contributed by atoms with E-state index in [-0.39, 0.29) is 24.3 Å². The van der Waals surface area contributed by atoms with Crippen molar-refractivity contribution in [1.82, 2.24) is 19.9 Å². The maximum Gasteiger partial charge on any atom is 0.411 e. The monoisotopic (exact) mass is 702 g/mol. The van der Waals surface area contributed by atoms with Gasteiger partial charge >= 0.3 is 6.09 Å². The molecule has 0 radical (unpaired) electrons. The van der Waals surface area contributed by atoms with Gasteiger partial charge in [-0.3, -0.25) is 14.5 Å². The topological polar surface area (TPSA) is 153 Å². The first-order valence-corrected chi connectivity index (χ1v) is 17.9. The van der Waals surface area contributed by atoms with Gasteiger partial charge in [0.15, 0.2) is 0 Å². The number of carbonyl (C=O) groups excluding carboxylic acids is 3. The Morgan fingerprint density at radius 1 is 0.980 bits per heavy atom. The number of likely N-dealkylation sites (tertiary alicyclic amines) is 1. The third-order valence-corrected chi connectivity index (χ3v) is 9.40. The van der Waals surface area contributed by atoms with E-state index in [0.717, 1.165) is 5.56 Å². The summed E-state index contributed by atoms with van der Waals surface area (Å²) in [4.78, 5) is 46.7. The Bertz CT molecular complexity index is 1950. The zero-order chi connectivity index (χ0) is 36.1. The Labute approximate surface area is 292 Å². The summed E-state index contributed by atoms with van der Waals surface area (Å²) in [6.07, 6.45) is -0.656. The van der Waals surface area contributed by atoms with Gasteiger partial charge in [-0.2, -0.15) is 0 Å². The van der Waals surface area contributed by atoms with Crippen molar-refractivity contribution in [1.29, 1.82) is 0 Å². The molecule has 0 aliphatic carbocycles. The van der Waals surface area contributed by atoms with Crippen molar-refractivity contribution in [2.75, 3.05) is 13.7 Å². The molecule has 12 nitrogen and oxygen atoms in total. The number of ether oxygens (including phenoxy) is 3. The van der Waals surface area contributed by atoms with Crippen LogP contribution in [0.1, 0.15) is 47.0 Å². The molecule has 3 aromatic carbocycles. The van der Waals surface area contributed by atoms with E-state index < -0.39 is 51.7 Å². The van der Waals surface area contributed by atoms with Crippen LogP contribution in [-0.4, -0.2) is 73.7 Å². The Balaban J connectivity index is 1.42. The molecule has 3 amide bonds. The molecule has 1 unspecified atom stereocenters. The fourth-order valence-electron chi connectivity index (χ4n) is 5.68. The maximum absolute atomic E-state index is 13.9. The summed E-state index contributed by atoms with van der Waals surface area (Å²) in [7, 11) is -2.61. The SMILES string of the molecule is CCC[C@H](NC(=O)[C@@H]1CC(Oc2cc(-c3ccccc3)nc3cc(OC)ccc23)CN1C(=O)OC(C)(C)C)C(=O)NS(=O)(=O)c1ccccc1. The molecule has 4 aromatic rings. The van der Waals surface area contributed by atoms with Gasteiger partial charge in [-0.25, -0.2) is 22.9 Å². The van der Waals surface area contributed by atoms with Crippen LogP contribution >= 0.6 is 0 Å². The number of amides is 3. The minimum Gasteiger partial charge on any atom is -0.497 e. The highest BCUT2D eigenvalue weighted by atomic mass is 32.2. The lowest BCUT2D eigenvalue weighted by Gasteiger charge is -2.28. The van der Waals surface area contributed by atoms with Gasteiger partial charge in [0.25, 0.3) is 15.9 Å². The fraction of sp³-hybridized carbons (Fsp3) is 0.351. The standard InChI is InChI=1S/C37H42N4O8S/c1-6-13-29(34(42)40-50(45,46)27-16-11-8-12-17-27)39-35(43)32-21-26(23-41(32)36(44)49-37(2,3)4)48-33-22-30(24-14-9-7-10-15-24)38-31-20-25(47-5)18-19-28(31)33/h7-12,14-20,22,26,29,32H,6,13,21,23H2,1-5H3,(H,39,43)(H,40,42)/t26?,29-,32-/m0/s1. The van der Waals surface area contributed by atoms with Crippen LogP contribution in [-0.2, 0) is 24.3 Å². The second-order valence-corrected chi connectivity index (χ2v) is 14.7. The summed E-state index contributed by atoms with van der Waals surface area (Å²) in [6.45, 7) is 6.99. The molecule has 3 atom stereocenters. The highest BCUT2D eigenvalue weighted by Crippen LogP contribution is 2.35. The van der Waals surface area contributed by atoms with Gasteiger partial charge < -0.3 is 19.5 Å². The first-order chi connectivity index (χ1) is 23.8. The van der Waals surface area contributed by atoms with Crippen molar-refractivity contribution in [3.05, 3.63) is 84.9 Å². The van der Waals surface area contributed by atoms with E-state index in [4.69, 9.17) is 19.2 Å². The molecule has 2 N–H and O–H groups in total. The lowest BCUT2D eigenvalue weighted by atomic mass is 10.1. The van der Waals surface area contributed by atoms with Crippen molar-refractivity contribution in [3.8, 4) is 22.8 Å². The van der Waals surface area contributed by atoms with Crippen LogP contribution < -0.4 is 19.5 Å². The smallest absolute Gasteiger partial charge is 0.411 e. The zero-order valence-electron chi connectivity index (χ0n) is 28.7. The summed E-state index contributed by atoms with van der Waals surface area (Å²) >= 11 is 0. The lowest BCUT2D eigenvalue weighted by molar-refractivity contribution is -0.130. The normalized spacial score (nSPS) is 16.8. The Hall–Kier alpha value is -5.17. The summed E-state index contributed by atoms with van der Waals surface area (Å²) < 4.78 is 45.5. The van der Waals surface area contributed by atoms with E-state index in [2.05, 4.69) is 10.0 Å². The second-order valence-electron chi connectivity index (χ2n) is 13.0. The number of nitrogens with zero attached hydrogens (tertiary/aromatic N) is 2. The van der Waals surface area contributed by atoms with Crippen molar-refractivity contribution in [2.24, 2.45) is 0 Å². The van der Waals surface area contributed by atoms with E-state index in [1.165, 1.54) is 17.0 Å². The predicted molar refractivity (Wildman–Crippen MR) is 188 cm³/mol. The number of hydrogen-bond acceptors (Lipinski definition) is 9. The van der Waals surface area contributed by atoms with Gasteiger partial charge in [0.1, 0.15) is 35.3 Å². The molecular formula is C37H42N4O8S. The molecule has 1 aliphatic rings. The largest absolute Gasteiger partial charge is 0.497 e. The van der Waals surface area contributed by atoms with E-state index in [1.54, 1.807) is 52.1 Å². The Kier molecular flexibility index (Phi) is 11.0. The molecule has 50 heavy (non-hydrogen) atoms. The number of nitrogens with one attached hydrogen (secondary N) is 2. The lowest BCUT2D eigenvalue weighted by Crippen LogP contribution is -2.54. The van der Waals surface area contributed by atoms with E-state index in [0.29, 0.717) is 34.5 Å². The van der Waals surface area contributed by atoms with Crippen LogP contribution in [0.5, 0.6) is 11.5 Å². The molecule has 0 saturated carbocycles. The molecule has 1 aromatic heterocycles. The number of rotatable bonds is 11. The molecule has 1 fully saturated rings. The summed E-state index contributed by atoms with van der Waals surface area (Å²) in [6, 6.07) is 22.1. The minimum absolute atomic E-state index is 0.0146. The average Bonchev–Trinajstić information content (AvgIpc) is 3.52. The van der Waals surface area contributed by atoms with Crippen molar-refractivity contribution in [3.63, 3.8) is 0 Å². The molecule has 1 aliphatic heterocycles. The number of benzene rings is 3. The third-order valence-electron chi connectivity index (χ3n) is 8.03. The predicted octanol–water partition coefficient (Wildman–Crippen LogP) is 5.46. The maximum atomic E-state index is 13.9. The van der Waals surface area contributed by atoms with Gasteiger partial charge in [-0.05, 0) is 51.5 Å².